The van der Waals surface area contributed by atoms with E-state index in [1.165, 1.54) is 6.92 Å². The molecule has 7 nitrogen and oxygen atoms in total. The summed E-state index contributed by atoms with van der Waals surface area (Å²) in [5.74, 6) is -0.397. The average Bonchev–Trinajstić information content (AvgIpc) is 2.61. The molecule has 0 bridgehead atoms. The van der Waals surface area contributed by atoms with Gasteiger partial charge in [-0.3, -0.25) is 14.9 Å². The number of carbonyl (C=O) groups excluding carboxylic acids is 3. The zero-order chi connectivity index (χ0) is 18.9. The molecule has 0 spiro atoms. The van der Waals surface area contributed by atoms with Crippen LogP contribution in [0.5, 0.6) is 0 Å². The average molecular weight is 355 g/mol. The van der Waals surface area contributed by atoms with Crippen molar-refractivity contribution in [1.29, 1.82) is 0 Å². The lowest BCUT2D eigenvalue weighted by Crippen LogP contribution is -2.23. The first-order valence-corrected chi connectivity index (χ1v) is 8.16. The monoisotopic (exact) mass is 355 g/mol. The summed E-state index contributed by atoms with van der Waals surface area (Å²) in [5.41, 5.74) is 2.50. The Morgan fingerprint density at radius 2 is 1.69 bits per heavy atom. The van der Waals surface area contributed by atoms with E-state index >= 15 is 0 Å². The van der Waals surface area contributed by atoms with Gasteiger partial charge in [0.15, 0.2) is 0 Å². The van der Waals surface area contributed by atoms with Crippen LogP contribution in [0.1, 0.15) is 29.8 Å². The molecule has 3 amide bonds. The van der Waals surface area contributed by atoms with Crippen molar-refractivity contribution in [3.05, 3.63) is 59.7 Å². The summed E-state index contributed by atoms with van der Waals surface area (Å²) in [5, 5.41) is 8.05. The van der Waals surface area contributed by atoms with Gasteiger partial charge in [-0.1, -0.05) is 18.2 Å². The van der Waals surface area contributed by atoms with Crippen molar-refractivity contribution >= 4 is 29.3 Å². The molecule has 0 unspecified atom stereocenters. The zero-order valence-electron chi connectivity index (χ0n) is 14.7. The van der Waals surface area contributed by atoms with Crippen molar-refractivity contribution in [2.45, 2.75) is 20.4 Å². The largest absolute Gasteiger partial charge is 0.450 e. The fourth-order valence-corrected chi connectivity index (χ4v) is 2.22. The highest BCUT2D eigenvalue weighted by Gasteiger charge is 2.08. The van der Waals surface area contributed by atoms with Gasteiger partial charge >= 0.3 is 6.09 Å². The Morgan fingerprint density at radius 3 is 2.35 bits per heavy atom. The van der Waals surface area contributed by atoms with E-state index in [-0.39, 0.29) is 18.4 Å². The molecular formula is C19H21N3O4. The van der Waals surface area contributed by atoms with E-state index in [1.807, 2.05) is 12.1 Å². The number of ether oxygens (including phenoxy) is 1. The van der Waals surface area contributed by atoms with Gasteiger partial charge in [-0.2, -0.15) is 0 Å². The number of nitrogens with one attached hydrogen (secondary N) is 3. The van der Waals surface area contributed by atoms with Crippen LogP contribution in [0.25, 0.3) is 0 Å². The van der Waals surface area contributed by atoms with Gasteiger partial charge in [0, 0.05) is 30.4 Å². The standard InChI is InChI=1S/C19H21N3O4/c1-3-26-19(25)22-17-6-4-5-15(11-17)18(24)20-12-14-7-9-16(10-8-14)21-13(2)23/h4-11H,3,12H2,1-2H3,(H,20,24)(H,21,23)(H,22,25). The summed E-state index contributed by atoms with van der Waals surface area (Å²) in [6.45, 7) is 3.77. The van der Waals surface area contributed by atoms with Gasteiger partial charge in [0.05, 0.1) is 6.61 Å². The molecule has 0 aliphatic rings. The van der Waals surface area contributed by atoms with E-state index in [1.54, 1.807) is 43.3 Å². The Kier molecular flexibility index (Phi) is 6.73. The fourth-order valence-electron chi connectivity index (χ4n) is 2.22. The maximum Gasteiger partial charge on any atom is 0.411 e. The van der Waals surface area contributed by atoms with Crippen molar-refractivity contribution < 1.29 is 19.1 Å². The first-order valence-electron chi connectivity index (χ1n) is 8.16. The zero-order valence-corrected chi connectivity index (χ0v) is 14.7. The van der Waals surface area contributed by atoms with E-state index < -0.39 is 6.09 Å². The maximum absolute atomic E-state index is 12.3. The van der Waals surface area contributed by atoms with Crippen LogP contribution in [0.4, 0.5) is 16.2 Å². The Morgan fingerprint density at radius 1 is 0.962 bits per heavy atom. The van der Waals surface area contributed by atoms with Crippen molar-refractivity contribution in [2.75, 3.05) is 17.2 Å². The fraction of sp³-hybridized carbons (Fsp3) is 0.211. The summed E-state index contributed by atoms with van der Waals surface area (Å²) < 4.78 is 4.81. The number of carbonyl (C=O) groups is 3. The van der Waals surface area contributed by atoms with Crippen LogP contribution in [0, 0.1) is 0 Å². The van der Waals surface area contributed by atoms with E-state index in [9.17, 15) is 14.4 Å². The van der Waals surface area contributed by atoms with Crippen LogP contribution >= 0.6 is 0 Å². The van der Waals surface area contributed by atoms with Crippen LogP contribution in [0.15, 0.2) is 48.5 Å². The second kappa shape index (κ2) is 9.22. The van der Waals surface area contributed by atoms with Crippen molar-refractivity contribution in [2.24, 2.45) is 0 Å². The molecule has 0 aromatic heterocycles. The lowest BCUT2D eigenvalue weighted by molar-refractivity contribution is -0.114. The topological polar surface area (TPSA) is 96.5 Å². The predicted octanol–water partition coefficient (Wildman–Crippen LogP) is 3.14. The number of benzene rings is 2. The molecule has 0 atom stereocenters. The summed E-state index contributed by atoms with van der Waals surface area (Å²) >= 11 is 0. The lowest BCUT2D eigenvalue weighted by atomic mass is 10.1. The van der Waals surface area contributed by atoms with Gasteiger partial charge in [-0.05, 0) is 42.8 Å². The Labute approximate surface area is 151 Å². The molecule has 0 aliphatic heterocycles. The van der Waals surface area contributed by atoms with Crippen LogP contribution in [0.3, 0.4) is 0 Å². The molecule has 0 saturated carbocycles. The summed E-state index contributed by atoms with van der Waals surface area (Å²) in [6, 6.07) is 13.8. The van der Waals surface area contributed by atoms with Gasteiger partial charge < -0.3 is 15.4 Å². The molecule has 26 heavy (non-hydrogen) atoms. The summed E-state index contributed by atoms with van der Waals surface area (Å²) in [7, 11) is 0. The van der Waals surface area contributed by atoms with Crippen LogP contribution in [-0.2, 0) is 16.1 Å². The highest BCUT2D eigenvalue weighted by molar-refractivity contribution is 5.96. The van der Waals surface area contributed by atoms with Crippen LogP contribution < -0.4 is 16.0 Å². The van der Waals surface area contributed by atoms with Gasteiger partial charge in [0.25, 0.3) is 5.91 Å². The minimum Gasteiger partial charge on any atom is -0.450 e. The summed E-state index contributed by atoms with van der Waals surface area (Å²) in [4.78, 5) is 34.7. The minimum absolute atomic E-state index is 0.137. The highest BCUT2D eigenvalue weighted by Crippen LogP contribution is 2.12. The molecule has 7 heteroatoms. The van der Waals surface area contributed by atoms with Crippen LogP contribution in [-0.4, -0.2) is 24.5 Å². The van der Waals surface area contributed by atoms with Gasteiger partial charge in [-0.25, -0.2) is 4.79 Å². The molecule has 136 valence electrons. The molecule has 0 radical (unpaired) electrons. The van der Waals surface area contributed by atoms with Gasteiger partial charge in [-0.15, -0.1) is 0 Å². The van der Waals surface area contributed by atoms with Crippen molar-refractivity contribution in [1.82, 2.24) is 5.32 Å². The molecule has 0 aliphatic carbocycles. The number of anilines is 2. The van der Waals surface area contributed by atoms with E-state index in [0.29, 0.717) is 23.5 Å². The summed E-state index contributed by atoms with van der Waals surface area (Å²) in [6.07, 6.45) is -0.565. The Balaban J connectivity index is 1.93. The number of hydrogen-bond acceptors (Lipinski definition) is 4. The Bertz CT molecular complexity index is 788. The van der Waals surface area contributed by atoms with E-state index in [2.05, 4.69) is 16.0 Å². The van der Waals surface area contributed by atoms with Crippen LogP contribution in [0.2, 0.25) is 0 Å². The number of amides is 3. The van der Waals surface area contributed by atoms with E-state index in [4.69, 9.17) is 4.74 Å². The lowest BCUT2D eigenvalue weighted by Gasteiger charge is -2.09. The predicted molar refractivity (Wildman–Crippen MR) is 99.0 cm³/mol. The second-order valence-corrected chi connectivity index (χ2v) is 5.49. The molecule has 0 saturated heterocycles. The van der Waals surface area contributed by atoms with Crippen molar-refractivity contribution in [3.63, 3.8) is 0 Å². The second-order valence-electron chi connectivity index (χ2n) is 5.49. The first kappa shape index (κ1) is 19.0. The molecule has 2 rings (SSSR count). The third-order valence-corrected chi connectivity index (χ3v) is 3.37. The third kappa shape index (κ3) is 5.94. The Hall–Kier alpha value is -3.35. The molecular weight excluding hydrogens is 334 g/mol. The third-order valence-electron chi connectivity index (χ3n) is 3.37. The first-order chi connectivity index (χ1) is 12.5. The highest BCUT2D eigenvalue weighted by atomic mass is 16.5. The molecule has 0 heterocycles. The number of hydrogen-bond donors (Lipinski definition) is 3. The maximum atomic E-state index is 12.3. The molecule has 2 aromatic rings. The molecule has 2 aromatic carbocycles. The van der Waals surface area contributed by atoms with E-state index in [0.717, 1.165) is 5.56 Å². The smallest absolute Gasteiger partial charge is 0.411 e. The molecule has 3 N–H and O–H groups in total. The van der Waals surface area contributed by atoms with Gasteiger partial charge in [0.2, 0.25) is 5.91 Å². The SMILES string of the molecule is CCOC(=O)Nc1cccc(C(=O)NCc2ccc(NC(C)=O)cc2)c1. The van der Waals surface area contributed by atoms with Gasteiger partial charge in [0.1, 0.15) is 0 Å². The van der Waals surface area contributed by atoms with Crippen molar-refractivity contribution in [3.8, 4) is 0 Å². The molecule has 0 fully saturated rings. The number of rotatable bonds is 6. The quantitative estimate of drug-likeness (QED) is 0.741. The minimum atomic E-state index is -0.565. The normalized spacial score (nSPS) is 9.92.